The van der Waals surface area contributed by atoms with E-state index in [2.05, 4.69) is 52.9 Å². The Morgan fingerprint density at radius 3 is 2.16 bits per heavy atom. The van der Waals surface area contributed by atoms with E-state index in [-0.39, 0.29) is 23.2 Å². The van der Waals surface area contributed by atoms with Crippen LogP contribution in [0.15, 0.2) is 65.6 Å². The van der Waals surface area contributed by atoms with Crippen molar-refractivity contribution < 1.29 is 22.3 Å². The molecule has 2 aromatic rings. The Labute approximate surface area is 232 Å². The first-order valence-corrected chi connectivity index (χ1v) is 18.6. The summed E-state index contributed by atoms with van der Waals surface area (Å²) in [7, 11) is -5.56. The van der Waals surface area contributed by atoms with Crippen LogP contribution in [0.25, 0.3) is 0 Å². The van der Waals surface area contributed by atoms with Crippen molar-refractivity contribution in [3.8, 4) is 0 Å². The van der Waals surface area contributed by atoms with Gasteiger partial charge in [0, 0.05) is 19.1 Å². The van der Waals surface area contributed by atoms with Gasteiger partial charge in [0.2, 0.25) is 0 Å². The molecule has 0 aliphatic carbocycles. The lowest BCUT2D eigenvalue weighted by Crippen LogP contribution is -2.42. The van der Waals surface area contributed by atoms with E-state index < -0.39 is 23.4 Å². The second-order valence-corrected chi connectivity index (χ2v) is 19.4. The molecule has 1 aliphatic heterocycles. The van der Waals surface area contributed by atoms with E-state index >= 15 is 0 Å². The molecule has 0 amide bonds. The van der Waals surface area contributed by atoms with Crippen LogP contribution in [0.5, 0.6) is 0 Å². The number of rotatable bonds is 13. The standard InChI is InChI=1S/C31H48O5SSi/c1-25(23-35-30-19-13-14-20-34-30)21-29(37(32,33)28-17-11-8-12-18-28)22-27(26-15-9-7-10-16-26)24-36-38(5,6)31(2,3)4/h7-12,15-18,25,27,29-30H,13-14,19-24H2,1-6H3/t25-,27-,29?,30?/m0/s1. The highest BCUT2D eigenvalue weighted by Gasteiger charge is 2.39. The van der Waals surface area contributed by atoms with Crippen molar-refractivity contribution in [1.82, 2.24) is 0 Å². The molecule has 38 heavy (non-hydrogen) atoms. The lowest BCUT2D eigenvalue weighted by atomic mass is 9.92. The van der Waals surface area contributed by atoms with Crippen molar-refractivity contribution in [2.45, 2.75) is 100 Å². The quantitative estimate of drug-likeness (QED) is 0.236. The minimum absolute atomic E-state index is 0.0244. The van der Waals surface area contributed by atoms with E-state index in [1.807, 2.05) is 24.3 Å². The van der Waals surface area contributed by atoms with E-state index in [9.17, 15) is 8.42 Å². The van der Waals surface area contributed by atoms with E-state index in [4.69, 9.17) is 13.9 Å². The summed E-state index contributed by atoms with van der Waals surface area (Å²) in [5.41, 5.74) is 1.12. The van der Waals surface area contributed by atoms with Gasteiger partial charge < -0.3 is 13.9 Å². The first-order chi connectivity index (χ1) is 17.9. The molecule has 4 atom stereocenters. The summed E-state index contributed by atoms with van der Waals surface area (Å²) in [5.74, 6) is 0.0466. The fourth-order valence-corrected chi connectivity index (χ4v) is 7.69. The molecule has 1 aliphatic rings. The van der Waals surface area contributed by atoms with Gasteiger partial charge in [0.15, 0.2) is 24.4 Å². The molecule has 2 unspecified atom stereocenters. The molecular formula is C31H48O5SSi. The largest absolute Gasteiger partial charge is 0.416 e. The topological polar surface area (TPSA) is 61.8 Å². The van der Waals surface area contributed by atoms with Crippen LogP contribution in [0.4, 0.5) is 0 Å². The van der Waals surface area contributed by atoms with E-state index in [1.54, 1.807) is 24.3 Å². The molecule has 0 saturated carbocycles. The first kappa shape index (κ1) is 31.0. The molecule has 3 rings (SSSR count). The van der Waals surface area contributed by atoms with Crippen LogP contribution in [-0.2, 0) is 23.7 Å². The number of sulfone groups is 1. The monoisotopic (exact) mass is 560 g/mol. The molecule has 0 aromatic heterocycles. The van der Waals surface area contributed by atoms with Crippen molar-refractivity contribution in [1.29, 1.82) is 0 Å². The Bertz CT molecular complexity index is 1060. The van der Waals surface area contributed by atoms with Crippen molar-refractivity contribution >= 4 is 18.2 Å². The molecule has 0 bridgehead atoms. The van der Waals surface area contributed by atoms with Crippen LogP contribution in [0.2, 0.25) is 18.1 Å². The second kappa shape index (κ2) is 13.7. The Balaban J connectivity index is 1.84. The number of ether oxygens (including phenoxy) is 2. The third-order valence-corrected chi connectivity index (χ3v) is 14.8. The molecule has 1 fully saturated rings. The van der Waals surface area contributed by atoms with Gasteiger partial charge in [-0.1, -0.05) is 76.2 Å². The van der Waals surface area contributed by atoms with Crippen LogP contribution in [-0.4, -0.2) is 48.1 Å². The van der Waals surface area contributed by atoms with Crippen LogP contribution >= 0.6 is 0 Å². The summed E-state index contributed by atoms with van der Waals surface area (Å²) in [6.07, 6.45) is 3.93. The van der Waals surface area contributed by atoms with E-state index in [1.165, 1.54) is 0 Å². The van der Waals surface area contributed by atoms with Gasteiger partial charge in [-0.25, -0.2) is 8.42 Å². The molecule has 7 heteroatoms. The van der Waals surface area contributed by atoms with Crippen molar-refractivity contribution in [2.75, 3.05) is 19.8 Å². The molecule has 0 radical (unpaired) electrons. The minimum Gasteiger partial charge on any atom is -0.416 e. The molecule has 1 saturated heterocycles. The predicted octanol–water partition coefficient (Wildman–Crippen LogP) is 7.59. The lowest BCUT2D eigenvalue weighted by Gasteiger charge is -2.38. The second-order valence-electron chi connectivity index (χ2n) is 12.4. The van der Waals surface area contributed by atoms with Gasteiger partial charge >= 0.3 is 0 Å². The van der Waals surface area contributed by atoms with Gasteiger partial charge in [-0.05, 0) is 73.9 Å². The van der Waals surface area contributed by atoms with Gasteiger partial charge in [0.1, 0.15) is 0 Å². The van der Waals surface area contributed by atoms with Gasteiger partial charge in [0.25, 0.3) is 0 Å². The predicted molar refractivity (Wildman–Crippen MR) is 158 cm³/mol. The smallest absolute Gasteiger partial charge is 0.192 e. The maximum Gasteiger partial charge on any atom is 0.192 e. The van der Waals surface area contributed by atoms with Crippen molar-refractivity contribution in [3.63, 3.8) is 0 Å². The van der Waals surface area contributed by atoms with Crippen LogP contribution in [0.3, 0.4) is 0 Å². The summed E-state index contributed by atoms with van der Waals surface area (Å²) in [5, 5.41) is -0.472. The summed E-state index contributed by atoms with van der Waals surface area (Å²) in [4.78, 5) is 0.380. The highest BCUT2D eigenvalue weighted by molar-refractivity contribution is 7.92. The fourth-order valence-electron chi connectivity index (χ4n) is 4.65. The highest BCUT2D eigenvalue weighted by atomic mass is 32.2. The molecule has 212 valence electrons. The van der Waals surface area contributed by atoms with Gasteiger partial charge in [0.05, 0.1) is 16.8 Å². The van der Waals surface area contributed by atoms with Gasteiger partial charge in [-0.3, -0.25) is 0 Å². The van der Waals surface area contributed by atoms with Crippen molar-refractivity contribution in [3.05, 3.63) is 66.2 Å². The third kappa shape index (κ3) is 8.75. The Kier molecular flexibility index (Phi) is 11.2. The number of hydrogen-bond donors (Lipinski definition) is 0. The van der Waals surface area contributed by atoms with Crippen molar-refractivity contribution in [2.24, 2.45) is 5.92 Å². The van der Waals surface area contributed by atoms with Crippen LogP contribution in [0.1, 0.15) is 71.3 Å². The first-order valence-electron chi connectivity index (χ1n) is 14.1. The molecule has 2 aromatic carbocycles. The molecular weight excluding hydrogens is 512 g/mol. The summed E-state index contributed by atoms with van der Waals surface area (Å²) in [6.45, 7) is 15.0. The molecule has 0 spiro atoms. The normalized spacial score (nSPS) is 19.6. The Hall–Kier alpha value is -1.51. The van der Waals surface area contributed by atoms with Crippen LogP contribution < -0.4 is 0 Å². The molecule has 1 heterocycles. The minimum atomic E-state index is -3.56. The zero-order valence-electron chi connectivity index (χ0n) is 24.2. The highest BCUT2D eigenvalue weighted by Crippen LogP contribution is 2.38. The number of hydrogen-bond acceptors (Lipinski definition) is 5. The summed E-state index contributed by atoms with van der Waals surface area (Å²) >= 11 is 0. The molecule has 0 N–H and O–H groups in total. The van der Waals surface area contributed by atoms with Gasteiger partial charge in [-0.2, -0.15) is 0 Å². The summed E-state index contributed by atoms with van der Waals surface area (Å²) in [6, 6.07) is 19.1. The SMILES string of the molecule is C[C@H](COC1CCCCO1)CC(C[C@@H](CO[Si](C)(C)C(C)(C)C)c1ccccc1)S(=O)(=O)c1ccccc1. The average Bonchev–Trinajstić information content (AvgIpc) is 2.90. The van der Waals surface area contributed by atoms with E-state index in [0.717, 1.165) is 31.4 Å². The Morgan fingerprint density at radius 2 is 1.58 bits per heavy atom. The fraction of sp³-hybridized carbons (Fsp3) is 0.613. The zero-order chi connectivity index (χ0) is 27.8. The van der Waals surface area contributed by atoms with Gasteiger partial charge in [-0.15, -0.1) is 0 Å². The number of benzene rings is 2. The maximum atomic E-state index is 14.0. The lowest BCUT2D eigenvalue weighted by molar-refractivity contribution is -0.168. The average molecular weight is 561 g/mol. The maximum absolute atomic E-state index is 14.0. The van der Waals surface area contributed by atoms with E-state index in [0.29, 0.717) is 31.0 Å². The van der Waals surface area contributed by atoms with Crippen LogP contribution in [0, 0.1) is 5.92 Å². The zero-order valence-corrected chi connectivity index (χ0v) is 26.0. The molecule has 5 nitrogen and oxygen atoms in total. The Morgan fingerprint density at radius 1 is 0.947 bits per heavy atom. The third-order valence-electron chi connectivity index (χ3n) is 8.15. The summed E-state index contributed by atoms with van der Waals surface area (Å²) < 4.78 is 46.4.